The fourth-order valence-electron chi connectivity index (χ4n) is 3.31. The van der Waals surface area contributed by atoms with Gasteiger partial charge in [0.25, 0.3) is 5.91 Å². The third-order valence-corrected chi connectivity index (χ3v) is 6.10. The number of anilines is 1. The molecule has 1 aliphatic rings. The highest BCUT2D eigenvalue weighted by molar-refractivity contribution is 9.10. The minimum atomic E-state index is -0.512. The van der Waals surface area contributed by atoms with Gasteiger partial charge in [-0.3, -0.25) is 14.4 Å². The van der Waals surface area contributed by atoms with Crippen molar-refractivity contribution in [1.82, 2.24) is 9.80 Å². The second kappa shape index (κ2) is 8.87. The molecule has 1 fully saturated rings. The number of carbonyl (C=O) groups excluding carboxylic acids is 3. The number of amides is 3. The summed E-state index contributed by atoms with van der Waals surface area (Å²) in [4.78, 5) is 41.6. The highest BCUT2D eigenvalue weighted by Gasteiger charge is 2.36. The lowest BCUT2D eigenvalue weighted by Crippen LogP contribution is -2.48. The molecule has 148 valence electrons. The van der Waals surface area contributed by atoms with E-state index in [2.05, 4.69) is 21.2 Å². The van der Waals surface area contributed by atoms with Gasteiger partial charge in [0.15, 0.2) is 0 Å². The van der Waals surface area contributed by atoms with E-state index in [1.807, 2.05) is 36.6 Å². The molecule has 1 saturated heterocycles. The van der Waals surface area contributed by atoms with Gasteiger partial charge in [-0.2, -0.15) is 0 Å². The van der Waals surface area contributed by atoms with Gasteiger partial charge in [0.05, 0.1) is 11.4 Å². The van der Waals surface area contributed by atoms with Crippen LogP contribution in [0.3, 0.4) is 0 Å². The average molecular weight is 464 g/mol. The number of carbonyl (C=O) groups is 3. The van der Waals surface area contributed by atoms with Crippen molar-refractivity contribution in [2.75, 3.05) is 25.5 Å². The lowest BCUT2D eigenvalue weighted by Gasteiger charge is -2.27. The van der Waals surface area contributed by atoms with Gasteiger partial charge in [-0.05, 0) is 55.0 Å². The molecule has 28 heavy (non-hydrogen) atoms. The zero-order chi connectivity index (χ0) is 20.3. The monoisotopic (exact) mass is 463 g/mol. The summed E-state index contributed by atoms with van der Waals surface area (Å²) >= 11 is 4.76. The highest BCUT2D eigenvalue weighted by Crippen LogP contribution is 2.24. The Morgan fingerprint density at radius 3 is 2.79 bits per heavy atom. The Balaban J connectivity index is 1.61. The standard InChI is InChI=1S/C20H22BrN3O3S/c1-13-11-14(21)7-8-15(13)22-18(25)12-23(2)19(26)16-5-3-9-24(16)20(27)17-6-4-10-28-17/h4,6-8,10-11,16H,3,5,9,12H2,1-2H3,(H,22,25)/t16-/m0/s1. The van der Waals surface area contributed by atoms with E-state index in [-0.39, 0.29) is 24.3 Å². The van der Waals surface area contributed by atoms with Crippen LogP contribution in [-0.4, -0.2) is 53.7 Å². The summed E-state index contributed by atoms with van der Waals surface area (Å²) in [5.41, 5.74) is 1.64. The summed E-state index contributed by atoms with van der Waals surface area (Å²) in [5, 5.41) is 4.69. The summed E-state index contributed by atoms with van der Waals surface area (Å²) in [7, 11) is 1.60. The number of nitrogens with zero attached hydrogens (tertiary/aromatic N) is 2. The van der Waals surface area contributed by atoms with E-state index in [1.165, 1.54) is 16.2 Å². The van der Waals surface area contributed by atoms with Crippen LogP contribution in [0.15, 0.2) is 40.2 Å². The molecule has 1 N–H and O–H groups in total. The van der Waals surface area contributed by atoms with Crippen LogP contribution in [0.2, 0.25) is 0 Å². The maximum atomic E-state index is 12.9. The van der Waals surface area contributed by atoms with E-state index >= 15 is 0 Å². The van der Waals surface area contributed by atoms with Crippen molar-refractivity contribution in [3.8, 4) is 0 Å². The Morgan fingerprint density at radius 1 is 1.32 bits per heavy atom. The van der Waals surface area contributed by atoms with Crippen molar-refractivity contribution in [1.29, 1.82) is 0 Å². The minimum absolute atomic E-state index is 0.0636. The zero-order valence-corrected chi connectivity index (χ0v) is 18.2. The van der Waals surface area contributed by atoms with Gasteiger partial charge in [-0.1, -0.05) is 22.0 Å². The quantitative estimate of drug-likeness (QED) is 0.737. The molecule has 6 nitrogen and oxygen atoms in total. The van der Waals surface area contributed by atoms with Gasteiger partial charge in [0.2, 0.25) is 11.8 Å². The third-order valence-electron chi connectivity index (χ3n) is 4.75. The number of thiophene rings is 1. The van der Waals surface area contributed by atoms with Gasteiger partial charge in [-0.25, -0.2) is 0 Å². The number of halogens is 1. The number of likely N-dealkylation sites (N-methyl/N-ethyl adjacent to an activating group) is 1. The van der Waals surface area contributed by atoms with E-state index in [4.69, 9.17) is 0 Å². The summed E-state index contributed by atoms with van der Waals surface area (Å²) in [6, 6.07) is 8.66. The molecule has 1 atom stereocenters. The molecule has 3 rings (SSSR count). The van der Waals surface area contributed by atoms with Crippen LogP contribution in [0, 0.1) is 6.92 Å². The van der Waals surface area contributed by atoms with Gasteiger partial charge in [0.1, 0.15) is 6.04 Å². The second-order valence-corrected chi connectivity index (χ2v) is 8.70. The SMILES string of the molecule is Cc1cc(Br)ccc1NC(=O)CN(C)C(=O)[C@@H]1CCCN1C(=O)c1cccs1. The van der Waals surface area contributed by atoms with Crippen molar-refractivity contribution in [2.45, 2.75) is 25.8 Å². The van der Waals surface area contributed by atoms with Crippen LogP contribution in [0.4, 0.5) is 5.69 Å². The fraction of sp³-hybridized carbons (Fsp3) is 0.350. The summed E-state index contributed by atoms with van der Waals surface area (Å²) in [5.74, 6) is -0.588. The van der Waals surface area contributed by atoms with Crippen molar-refractivity contribution in [2.24, 2.45) is 0 Å². The van der Waals surface area contributed by atoms with Crippen LogP contribution in [-0.2, 0) is 9.59 Å². The molecule has 0 spiro atoms. The molecule has 3 amide bonds. The largest absolute Gasteiger partial charge is 0.335 e. The van der Waals surface area contributed by atoms with Gasteiger partial charge < -0.3 is 15.1 Å². The predicted molar refractivity (Wildman–Crippen MR) is 114 cm³/mol. The molecule has 1 aliphatic heterocycles. The van der Waals surface area contributed by atoms with Crippen molar-refractivity contribution in [3.63, 3.8) is 0 Å². The van der Waals surface area contributed by atoms with Crippen molar-refractivity contribution in [3.05, 3.63) is 50.6 Å². The van der Waals surface area contributed by atoms with Crippen LogP contribution in [0.25, 0.3) is 0 Å². The van der Waals surface area contributed by atoms with E-state index in [1.54, 1.807) is 18.0 Å². The summed E-state index contributed by atoms with van der Waals surface area (Å²) in [6.45, 7) is 2.40. The first-order valence-electron chi connectivity index (χ1n) is 9.02. The number of hydrogen-bond donors (Lipinski definition) is 1. The van der Waals surface area contributed by atoms with Gasteiger partial charge >= 0.3 is 0 Å². The Labute approximate surface area is 176 Å². The number of rotatable bonds is 5. The van der Waals surface area contributed by atoms with Crippen LogP contribution < -0.4 is 5.32 Å². The topological polar surface area (TPSA) is 69.7 Å². The molecule has 1 aromatic heterocycles. The molecule has 8 heteroatoms. The maximum absolute atomic E-state index is 12.9. The first kappa shape index (κ1) is 20.5. The lowest BCUT2D eigenvalue weighted by atomic mass is 10.2. The number of nitrogens with one attached hydrogen (secondary N) is 1. The third kappa shape index (κ3) is 4.62. The number of benzene rings is 1. The van der Waals surface area contributed by atoms with Gasteiger partial charge in [-0.15, -0.1) is 11.3 Å². The van der Waals surface area contributed by atoms with E-state index in [0.29, 0.717) is 23.5 Å². The molecule has 0 aliphatic carbocycles. The Kier molecular flexibility index (Phi) is 6.51. The van der Waals surface area contributed by atoms with Crippen LogP contribution >= 0.6 is 27.3 Å². The van der Waals surface area contributed by atoms with E-state index in [9.17, 15) is 14.4 Å². The Bertz CT molecular complexity index is 885. The number of likely N-dealkylation sites (tertiary alicyclic amines) is 1. The predicted octanol–water partition coefficient (Wildman–Crippen LogP) is 3.52. The molecular formula is C20H22BrN3O3S. The van der Waals surface area contributed by atoms with Crippen molar-refractivity contribution < 1.29 is 14.4 Å². The highest BCUT2D eigenvalue weighted by atomic mass is 79.9. The normalized spacial score (nSPS) is 16.1. The Morgan fingerprint density at radius 2 is 2.11 bits per heavy atom. The molecule has 2 heterocycles. The van der Waals surface area contributed by atoms with E-state index < -0.39 is 6.04 Å². The zero-order valence-electron chi connectivity index (χ0n) is 15.8. The summed E-state index contributed by atoms with van der Waals surface area (Å²) < 4.78 is 0.937. The lowest BCUT2D eigenvalue weighted by molar-refractivity contribution is -0.136. The van der Waals surface area contributed by atoms with Crippen LogP contribution in [0.1, 0.15) is 28.1 Å². The molecule has 0 bridgehead atoms. The first-order chi connectivity index (χ1) is 13.4. The molecule has 1 aromatic carbocycles. The molecule has 2 aromatic rings. The molecule has 0 saturated carbocycles. The second-order valence-electron chi connectivity index (χ2n) is 6.84. The van der Waals surface area contributed by atoms with Gasteiger partial charge in [0, 0.05) is 23.8 Å². The fourth-order valence-corrected chi connectivity index (χ4v) is 4.47. The molecule has 0 radical (unpaired) electrons. The molecular weight excluding hydrogens is 442 g/mol. The van der Waals surface area contributed by atoms with Crippen molar-refractivity contribution >= 4 is 50.7 Å². The smallest absolute Gasteiger partial charge is 0.264 e. The number of hydrogen-bond acceptors (Lipinski definition) is 4. The van der Waals surface area contributed by atoms with E-state index in [0.717, 1.165) is 16.5 Å². The Hall–Kier alpha value is -2.19. The maximum Gasteiger partial charge on any atom is 0.264 e. The average Bonchev–Trinajstić information content (AvgIpc) is 3.34. The number of aryl methyl sites for hydroxylation is 1. The summed E-state index contributed by atoms with van der Waals surface area (Å²) in [6.07, 6.45) is 1.40. The minimum Gasteiger partial charge on any atom is -0.335 e. The molecule has 0 unspecified atom stereocenters. The van der Waals surface area contributed by atoms with Crippen LogP contribution in [0.5, 0.6) is 0 Å². The first-order valence-corrected chi connectivity index (χ1v) is 10.7.